The zero-order valence-corrected chi connectivity index (χ0v) is 10.8. The molecule has 4 nitrogen and oxygen atoms in total. The van der Waals surface area contributed by atoms with Crippen molar-refractivity contribution in [2.75, 3.05) is 6.61 Å². The van der Waals surface area contributed by atoms with E-state index in [0.29, 0.717) is 6.42 Å². The van der Waals surface area contributed by atoms with Gasteiger partial charge in [0, 0.05) is 0 Å². The van der Waals surface area contributed by atoms with Crippen molar-refractivity contribution >= 4 is 11.9 Å². The van der Waals surface area contributed by atoms with Gasteiger partial charge in [-0.3, -0.25) is 9.59 Å². The summed E-state index contributed by atoms with van der Waals surface area (Å²) in [6, 6.07) is 0. The van der Waals surface area contributed by atoms with Crippen molar-refractivity contribution in [2.45, 2.75) is 47.1 Å². The lowest BCUT2D eigenvalue weighted by Crippen LogP contribution is -2.31. The molecule has 0 aliphatic carbocycles. The Bertz CT molecular complexity index is 235. The summed E-state index contributed by atoms with van der Waals surface area (Å²) in [7, 11) is 0. The molecule has 0 aromatic carbocycles. The number of rotatable bonds is 6. The third-order valence-electron chi connectivity index (χ3n) is 2.50. The molecule has 0 aromatic rings. The normalized spacial score (nSPS) is 14.4. The molecule has 0 amide bonds. The van der Waals surface area contributed by atoms with Gasteiger partial charge in [-0.2, -0.15) is 0 Å². The average Bonchev–Trinajstić information content (AvgIpc) is 2.18. The highest BCUT2D eigenvalue weighted by Crippen LogP contribution is 2.13. The number of carbonyl (C=O) groups excluding carboxylic acids is 2. The molecule has 0 aromatic heterocycles. The summed E-state index contributed by atoms with van der Waals surface area (Å²) in [4.78, 5) is 23.1. The maximum absolute atomic E-state index is 11.7. The van der Waals surface area contributed by atoms with Gasteiger partial charge in [0.1, 0.15) is 6.10 Å². The second-order valence-electron chi connectivity index (χ2n) is 4.10. The van der Waals surface area contributed by atoms with Gasteiger partial charge in [0.15, 0.2) is 5.92 Å². The van der Waals surface area contributed by atoms with E-state index in [1.54, 1.807) is 13.8 Å². The standard InChI is InChI=1S/C12H22O4/c1-6-10(11(13)15-7-2)12(14)16-9(5)8(3)4/h8-10H,6-7H2,1-5H3. The molecule has 0 aliphatic rings. The van der Waals surface area contributed by atoms with E-state index in [9.17, 15) is 9.59 Å². The fraction of sp³-hybridized carbons (Fsp3) is 0.833. The zero-order chi connectivity index (χ0) is 12.7. The lowest BCUT2D eigenvalue weighted by Gasteiger charge is -2.19. The molecule has 0 fully saturated rings. The van der Waals surface area contributed by atoms with Gasteiger partial charge in [-0.25, -0.2) is 0 Å². The first-order chi connectivity index (χ1) is 7.43. The molecule has 4 heteroatoms. The van der Waals surface area contributed by atoms with Gasteiger partial charge in [0.05, 0.1) is 6.61 Å². The summed E-state index contributed by atoms with van der Waals surface area (Å²) in [6.07, 6.45) is 0.221. The first kappa shape index (κ1) is 14.9. The van der Waals surface area contributed by atoms with Crippen LogP contribution in [-0.2, 0) is 19.1 Å². The van der Waals surface area contributed by atoms with E-state index in [0.717, 1.165) is 0 Å². The van der Waals surface area contributed by atoms with Crippen molar-refractivity contribution in [3.8, 4) is 0 Å². The Morgan fingerprint density at radius 3 is 2.00 bits per heavy atom. The first-order valence-electron chi connectivity index (χ1n) is 5.81. The van der Waals surface area contributed by atoms with Crippen LogP contribution in [-0.4, -0.2) is 24.6 Å². The molecule has 16 heavy (non-hydrogen) atoms. The molecular formula is C12H22O4. The predicted octanol–water partition coefficient (Wildman–Crippen LogP) is 2.16. The van der Waals surface area contributed by atoms with Gasteiger partial charge in [0.25, 0.3) is 0 Å². The van der Waals surface area contributed by atoms with Crippen LogP contribution in [0.15, 0.2) is 0 Å². The van der Waals surface area contributed by atoms with E-state index in [2.05, 4.69) is 0 Å². The van der Waals surface area contributed by atoms with Crippen molar-refractivity contribution in [3.63, 3.8) is 0 Å². The van der Waals surface area contributed by atoms with Gasteiger partial charge in [-0.15, -0.1) is 0 Å². The molecule has 0 bridgehead atoms. The fourth-order valence-corrected chi connectivity index (χ4v) is 1.07. The quantitative estimate of drug-likeness (QED) is 0.518. The summed E-state index contributed by atoms with van der Waals surface area (Å²) >= 11 is 0. The Kier molecular flexibility index (Phi) is 6.77. The lowest BCUT2D eigenvalue weighted by molar-refractivity contribution is -0.166. The van der Waals surface area contributed by atoms with Crippen LogP contribution in [0.3, 0.4) is 0 Å². The SMILES string of the molecule is CCOC(=O)C(CC)C(=O)OC(C)C(C)C. The third-order valence-corrected chi connectivity index (χ3v) is 2.50. The molecule has 0 N–H and O–H groups in total. The molecular weight excluding hydrogens is 208 g/mol. The summed E-state index contributed by atoms with van der Waals surface area (Å²) in [5, 5.41) is 0. The van der Waals surface area contributed by atoms with Gasteiger partial charge in [-0.05, 0) is 26.2 Å². The van der Waals surface area contributed by atoms with Crippen LogP contribution in [0.4, 0.5) is 0 Å². The van der Waals surface area contributed by atoms with Crippen molar-refractivity contribution in [1.82, 2.24) is 0 Å². The van der Waals surface area contributed by atoms with Crippen LogP contribution in [0, 0.1) is 11.8 Å². The first-order valence-corrected chi connectivity index (χ1v) is 5.81. The number of carbonyl (C=O) groups is 2. The predicted molar refractivity (Wildman–Crippen MR) is 60.8 cm³/mol. The minimum atomic E-state index is -0.791. The van der Waals surface area contributed by atoms with E-state index in [-0.39, 0.29) is 18.6 Å². The molecule has 0 aliphatic heterocycles. The minimum Gasteiger partial charge on any atom is -0.465 e. The third kappa shape index (κ3) is 4.64. The highest BCUT2D eigenvalue weighted by Gasteiger charge is 2.29. The van der Waals surface area contributed by atoms with E-state index in [4.69, 9.17) is 9.47 Å². The molecule has 2 atom stereocenters. The lowest BCUT2D eigenvalue weighted by atomic mass is 10.1. The van der Waals surface area contributed by atoms with Gasteiger partial charge >= 0.3 is 11.9 Å². The van der Waals surface area contributed by atoms with E-state index in [1.807, 2.05) is 20.8 Å². The molecule has 0 spiro atoms. The number of esters is 2. The smallest absolute Gasteiger partial charge is 0.320 e. The van der Waals surface area contributed by atoms with Crippen LogP contribution in [0.5, 0.6) is 0 Å². The molecule has 94 valence electrons. The summed E-state index contributed by atoms with van der Waals surface area (Å²) in [5.41, 5.74) is 0. The van der Waals surface area contributed by atoms with Crippen molar-refractivity contribution in [1.29, 1.82) is 0 Å². The zero-order valence-electron chi connectivity index (χ0n) is 10.8. The maximum atomic E-state index is 11.7. The van der Waals surface area contributed by atoms with Crippen LogP contribution in [0.2, 0.25) is 0 Å². The summed E-state index contributed by atoms with van der Waals surface area (Å²) in [6.45, 7) is 9.50. The fourth-order valence-electron chi connectivity index (χ4n) is 1.07. The van der Waals surface area contributed by atoms with Crippen LogP contribution >= 0.6 is 0 Å². The topological polar surface area (TPSA) is 52.6 Å². The van der Waals surface area contributed by atoms with Gasteiger partial charge in [0.2, 0.25) is 0 Å². The Balaban J connectivity index is 4.37. The van der Waals surface area contributed by atoms with Crippen molar-refractivity contribution < 1.29 is 19.1 Å². The molecule has 0 rings (SSSR count). The molecule has 0 saturated carbocycles. The van der Waals surface area contributed by atoms with Crippen LogP contribution in [0.25, 0.3) is 0 Å². The average molecular weight is 230 g/mol. The largest absolute Gasteiger partial charge is 0.465 e. The van der Waals surface area contributed by atoms with Crippen LogP contribution in [0.1, 0.15) is 41.0 Å². The second kappa shape index (κ2) is 7.25. The van der Waals surface area contributed by atoms with E-state index < -0.39 is 17.9 Å². The van der Waals surface area contributed by atoms with E-state index in [1.165, 1.54) is 0 Å². The Hall–Kier alpha value is -1.06. The minimum absolute atomic E-state index is 0.184. The number of hydrogen-bond donors (Lipinski definition) is 0. The Labute approximate surface area is 97.3 Å². The second-order valence-corrected chi connectivity index (χ2v) is 4.10. The number of hydrogen-bond acceptors (Lipinski definition) is 4. The highest BCUT2D eigenvalue weighted by atomic mass is 16.6. The van der Waals surface area contributed by atoms with Crippen LogP contribution < -0.4 is 0 Å². The monoisotopic (exact) mass is 230 g/mol. The highest BCUT2D eigenvalue weighted by molar-refractivity contribution is 5.94. The van der Waals surface area contributed by atoms with Crippen molar-refractivity contribution in [2.24, 2.45) is 11.8 Å². The molecule has 0 radical (unpaired) electrons. The Morgan fingerprint density at radius 2 is 1.62 bits per heavy atom. The number of ether oxygens (including phenoxy) is 2. The van der Waals surface area contributed by atoms with Gasteiger partial charge in [-0.1, -0.05) is 20.8 Å². The van der Waals surface area contributed by atoms with Gasteiger partial charge < -0.3 is 9.47 Å². The summed E-state index contributed by atoms with van der Waals surface area (Å²) in [5.74, 6) is -1.53. The van der Waals surface area contributed by atoms with E-state index >= 15 is 0 Å². The maximum Gasteiger partial charge on any atom is 0.320 e. The molecule has 0 saturated heterocycles. The molecule has 0 heterocycles. The Morgan fingerprint density at radius 1 is 1.06 bits per heavy atom. The van der Waals surface area contributed by atoms with Crippen molar-refractivity contribution in [3.05, 3.63) is 0 Å². The molecule has 2 unspecified atom stereocenters. The summed E-state index contributed by atoms with van der Waals surface area (Å²) < 4.78 is 10.0.